The molecule has 0 saturated carbocycles. The third-order valence-electron chi connectivity index (χ3n) is 3.32. The lowest BCUT2D eigenvalue weighted by Gasteiger charge is -2.22. The van der Waals surface area contributed by atoms with Crippen molar-refractivity contribution in [1.29, 1.82) is 0 Å². The molecule has 2 heteroatoms. The predicted octanol–water partition coefficient (Wildman–Crippen LogP) is 2.26. The summed E-state index contributed by atoms with van der Waals surface area (Å²) >= 11 is 0. The molecule has 1 spiro atoms. The number of hydrogen-bond acceptors (Lipinski definition) is 2. The van der Waals surface area contributed by atoms with Crippen molar-refractivity contribution in [2.45, 2.75) is 24.9 Å². The van der Waals surface area contributed by atoms with Crippen LogP contribution in [0.3, 0.4) is 0 Å². The fraction of sp³-hybridized carbons (Fsp3) is 0.500. The van der Waals surface area contributed by atoms with E-state index >= 15 is 0 Å². The number of aryl methyl sites for hydroxylation is 1. The molecule has 2 nitrogen and oxygen atoms in total. The Morgan fingerprint density at radius 3 is 3.00 bits per heavy atom. The Bertz CT molecular complexity index is 367. The minimum atomic E-state index is 0.0971. The van der Waals surface area contributed by atoms with Crippen molar-refractivity contribution >= 4 is 0 Å². The first-order valence-corrected chi connectivity index (χ1v) is 5.15. The standard InChI is InChI=1S/C12H14O2/c1-13-10-4-5-11-9(7-10)3-2-6-12(11)8-14-12/h4-5,7H,2-3,6,8H2,1H3. The van der Waals surface area contributed by atoms with E-state index in [0.717, 1.165) is 18.8 Å². The second kappa shape index (κ2) is 2.74. The Morgan fingerprint density at radius 2 is 2.29 bits per heavy atom. The normalized spacial score (nSPS) is 28.6. The summed E-state index contributed by atoms with van der Waals surface area (Å²) < 4.78 is 10.8. The Hall–Kier alpha value is -1.02. The van der Waals surface area contributed by atoms with E-state index < -0.39 is 0 Å². The molecule has 0 N–H and O–H groups in total. The van der Waals surface area contributed by atoms with Crippen molar-refractivity contribution in [3.05, 3.63) is 29.3 Å². The van der Waals surface area contributed by atoms with Gasteiger partial charge >= 0.3 is 0 Å². The number of methoxy groups -OCH3 is 1. The van der Waals surface area contributed by atoms with Crippen molar-refractivity contribution in [2.24, 2.45) is 0 Å². The smallest absolute Gasteiger partial charge is 0.119 e. The lowest BCUT2D eigenvalue weighted by Crippen LogP contribution is -2.17. The Labute approximate surface area is 83.8 Å². The highest BCUT2D eigenvalue weighted by Gasteiger charge is 2.48. The van der Waals surface area contributed by atoms with Crippen molar-refractivity contribution in [3.63, 3.8) is 0 Å². The van der Waals surface area contributed by atoms with Gasteiger partial charge in [0.15, 0.2) is 0 Å². The van der Waals surface area contributed by atoms with Gasteiger partial charge in [-0.2, -0.15) is 0 Å². The van der Waals surface area contributed by atoms with Gasteiger partial charge < -0.3 is 9.47 Å². The van der Waals surface area contributed by atoms with Crippen LogP contribution >= 0.6 is 0 Å². The zero-order chi connectivity index (χ0) is 9.60. The van der Waals surface area contributed by atoms with Gasteiger partial charge in [0.25, 0.3) is 0 Å². The van der Waals surface area contributed by atoms with Gasteiger partial charge in [0, 0.05) is 0 Å². The maximum Gasteiger partial charge on any atom is 0.119 e. The fourth-order valence-corrected chi connectivity index (χ4v) is 2.43. The molecule has 1 fully saturated rings. The summed E-state index contributed by atoms with van der Waals surface area (Å²) in [5, 5.41) is 0. The molecule has 74 valence electrons. The van der Waals surface area contributed by atoms with Crippen LogP contribution in [-0.4, -0.2) is 13.7 Å². The van der Waals surface area contributed by atoms with Crippen LogP contribution in [0.1, 0.15) is 24.0 Å². The molecule has 1 aliphatic carbocycles. The topological polar surface area (TPSA) is 21.8 Å². The van der Waals surface area contributed by atoms with Crippen molar-refractivity contribution < 1.29 is 9.47 Å². The Balaban J connectivity index is 2.07. The molecule has 0 aromatic heterocycles. The third-order valence-corrected chi connectivity index (χ3v) is 3.32. The molecule has 1 aliphatic heterocycles. The van der Waals surface area contributed by atoms with Gasteiger partial charge in [-0.1, -0.05) is 6.07 Å². The Kier molecular flexibility index (Phi) is 1.62. The number of fused-ring (bicyclic) bond motifs is 2. The first kappa shape index (κ1) is 8.30. The zero-order valence-corrected chi connectivity index (χ0v) is 8.38. The molecular formula is C12H14O2. The van der Waals surface area contributed by atoms with Crippen molar-refractivity contribution in [2.75, 3.05) is 13.7 Å². The monoisotopic (exact) mass is 190 g/mol. The largest absolute Gasteiger partial charge is 0.497 e. The lowest BCUT2D eigenvalue weighted by atomic mass is 9.83. The highest BCUT2D eigenvalue weighted by atomic mass is 16.6. The summed E-state index contributed by atoms with van der Waals surface area (Å²) in [6.45, 7) is 0.909. The minimum Gasteiger partial charge on any atom is -0.497 e. The van der Waals surface area contributed by atoms with Gasteiger partial charge in [0.2, 0.25) is 0 Å². The molecule has 1 aromatic rings. The molecule has 1 saturated heterocycles. The highest BCUT2D eigenvalue weighted by molar-refractivity contribution is 5.42. The first-order chi connectivity index (χ1) is 6.84. The highest BCUT2D eigenvalue weighted by Crippen LogP contribution is 2.48. The maximum absolute atomic E-state index is 5.60. The van der Waals surface area contributed by atoms with Crippen molar-refractivity contribution in [3.8, 4) is 5.75 Å². The summed E-state index contributed by atoms with van der Waals surface area (Å²) in [5.41, 5.74) is 2.90. The number of ether oxygens (including phenoxy) is 2. The summed E-state index contributed by atoms with van der Waals surface area (Å²) in [6.07, 6.45) is 3.59. The van der Waals surface area contributed by atoms with Gasteiger partial charge in [0.1, 0.15) is 11.4 Å². The van der Waals surface area contributed by atoms with Gasteiger partial charge in [-0.25, -0.2) is 0 Å². The summed E-state index contributed by atoms with van der Waals surface area (Å²) in [7, 11) is 1.72. The average Bonchev–Trinajstić information content (AvgIpc) is 2.99. The van der Waals surface area contributed by atoms with Crippen LogP contribution in [0, 0.1) is 0 Å². The predicted molar refractivity (Wildman–Crippen MR) is 53.6 cm³/mol. The van der Waals surface area contributed by atoms with E-state index in [9.17, 15) is 0 Å². The minimum absolute atomic E-state index is 0.0971. The van der Waals surface area contributed by atoms with Crippen LogP contribution in [0.25, 0.3) is 0 Å². The molecule has 2 aliphatic rings. The van der Waals surface area contributed by atoms with E-state index in [2.05, 4.69) is 12.1 Å². The second-order valence-corrected chi connectivity index (χ2v) is 4.16. The molecule has 1 atom stereocenters. The second-order valence-electron chi connectivity index (χ2n) is 4.16. The number of rotatable bonds is 1. The van der Waals surface area contributed by atoms with Gasteiger partial charge in [-0.3, -0.25) is 0 Å². The van der Waals surface area contributed by atoms with E-state index in [4.69, 9.17) is 9.47 Å². The zero-order valence-electron chi connectivity index (χ0n) is 8.38. The summed E-state index contributed by atoms with van der Waals surface area (Å²) in [4.78, 5) is 0. The van der Waals surface area contributed by atoms with E-state index in [1.165, 1.54) is 24.0 Å². The van der Waals surface area contributed by atoms with Gasteiger partial charge in [-0.15, -0.1) is 0 Å². The third kappa shape index (κ3) is 1.07. The SMILES string of the molecule is COc1ccc2c(c1)CCCC21CO1. The summed E-state index contributed by atoms with van der Waals surface area (Å²) in [5.74, 6) is 0.960. The van der Waals surface area contributed by atoms with Crippen LogP contribution in [0.15, 0.2) is 18.2 Å². The molecule has 0 bridgehead atoms. The first-order valence-electron chi connectivity index (χ1n) is 5.15. The van der Waals surface area contributed by atoms with E-state index in [1.807, 2.05) is 6.07 Å². The molecular weight excluding hydrogens is 176 g/mol. The molecule has 1 aromatic carbocycles. The van der Waals surface area contributed by atoms with Crippen LogP contribution in [0.2, 0.25) is 0 Å². The molecule has 14 heavy (non-hydrogen) atoms. The lowest BCUT2D eigenvalue weighted by molar-refractivity contribution is 0.276. The molecule has 0 radical (unpaired) electrons. The average molecular weight is 190 g/mol. The molecule has 1 heterocycles. The van der Waals surface area contributed by atoms with E-state index in [-0.39, 0.29) is 5.60 Å². The maximum atomic E-state index is 5.60. The fourth-order valence-electron chi connectivity index (χ4n) is 2.43. The van der Waals surface area contributed by atoms with E-state index in [0.29, 0.717) is 0 Å². The molecule has 1 unspecified atom stereocenters. The number of benzene rings is 1. The van der Waals surface area contributed by atoms with E-state index in [1.54, 1.807) is 7.11 Å². The number of hydrogen-bond donors (Lipinski definition) is 0. The van der Waals surface area contributed by atoms with Crippen LogP contribution in [-0.2, 0) is 16.8 Å². The van der Waals surface area contributed by atoms with Gasteiger partial charge in [0.05, 0.1) is 13.7 Å². The van der Waals surface area contributed by atoms with Crippen LogP contribution < -0.4 is 4.74 Å². The van der Waals surface area contributed by atoms with Crippen molar-refractivity contribution in [1.82, 2.24) is 0 Å². The molecule has 3 rings (SSSR count). The molecule has 0 amide bonds. The Morgan fingerprint density at radius 1 is 1.43 bits per heavy atom. The van der Waals surface area contributed by atoms with Crippen LogP contribution in [0.4, 0.5) is 0 Å². The van der Waals surface area contributed by atoms with Gasteiger partial charge in [-0.05, 0) is 42.5 Å². The van der Waals surface area contributed by atoms with Crippen LogP contribution in [0.5, 0.6) is 5.75 Å². The summed E-state index contributed by atoms with van der Waals surface area (Å²) in [6, 6.07) is 6.35. The quantitative estimate of drug-likeness (QED) is 0.633. The number of epoxide rings is 1.